The Labute approximate surface area is 133 Å². The molecule has 2 unspecified atom stereocenters. The molecule has 1 aromatic carbocycles. The van der Waals surface area contributed by atoms with Crippen molar-refractivity contribution in [2.75, 3.05) is 19.6 Å². The van der Waals surface area contributed by atoms with Gasteiger partial charge in [0.05, 0.1) is 5.56 Å². The number of halogens is 1. The molecule has 21 heavy (non-hydrogen) atoms. The van der Waals surface area contributed by atoms with Crippen LogP contribution in [0.15, 0.2) is 22.7 Å². The first-order valence-electron chi connectivity index (χ1n) is 7.60. The molecule has 0 spiro atoms. The van der Waals surface area contributed by atoms with E-state index in [0.717, 1.165) is 24.1 Å². The third kappa shape index (κ3) is 2.94. The van der Waals surface area contributed by atoms with Gasteiger partial charge in [0, 0.05) is 29.6 Å². The van der Waals surface area contributed by atoms with E-state index in [1.165, 1.54) is 19.3 Å². The Kier molecular flexibility index (Phi) is 4.22. The summed E-state index contributed by atoms with van der Waals surface area (Å²) in [4.78, 5) is 17.2. The molecule has 0 aliphatic carbocycles. The first-order chi connectivity index (χ1) is 10.1. The van der Waals surface area contributed by atoms with E-state index in [4.69, 9.17) is 0 Å². The predicted molar refractivity (Wildman–Crippen MR) is 85.5 cm³/mol. The average Bonchev–Trinajstić information content (AvgIpc) is 2.46. The molecule has 1 amide bonds. The number of carbonyl (C=O) groups excluding carboxylic acids is 1. The summed E-state index contributed by atoms with van der Waals surface area (Å²) in [6.45, 7) is 4.96. The van der Waals surface area contributed by atoms with Gasteiger partial charge in [0.15, 0.2) is 0 Å². The minimum atomic E-state index is -0.0577. The molecule has 0 saturated carbocycles. The molecule has 0 bridgehead atoms. The summed E-state index contributed by atoms with van der Waals surface area (Å²) in [6, 6.07) is 5.75. The number of nitrogens with zero attached hydrogens (tertiary/aromatic N) is 2. The molecule has 3 rings (SSSR count). The van der Waals surface area contributed by atoms with E-state index < -0.39 is 0 Å². The van der Waals surface area contributed by atoms with E-state index in [2.05, 4.69) is 27.8 Å². The summed E-state index contributed by atoms with van der Waals surface area (Å²) in [5, 5.41) is 10.0. The van der Waals surface area contributed by atoms with Gasteiger partial charge in [0.2, 0.25) is 0 Å². The van der Waals surface area contributed by atoms with Gasteiger partial charge in [0.25, 0.3) is 5.91 Å². The SMILES string of the molecule is CC1CN2CCCCC2CN1C(=O)c1ccc(Br)cc1O. The maximum absolute atomic E-state index is 12.7. The number of piperazine rings is 1. The van der Waals surface area contributed by atoms with Gasteiger partial charge in [-0.3, -0.25) is 9.69 Å². The first kappa shape index (κ1) is 14.9. The van der Waals surface area contributed by atoms with Crippen molar-refractivity contribution in [1.82, 2.24) is 9.80 Å². The Balaban J connectivity index is 1.80. The van der Waals surface area contributed by atoms with E-state index >= 15 is 0 Å². The van der Waals surface area contributed by atoms with E-state index in [0.29, 0.717) is 11.6 Å². The molecule has 2 aliphatic rings. The summed E-state index contributed by atoms with van der Waals surface area (Å²) in [6.07, 6.45) is 3.69. The molecule has 2 aliphatic heterocycles. The minimum absolute atomic E-state index is 0.0487. The number of aromatic hydroxyl groups is 1. The number of rotatable bonds is 1. The lowest BCUT2D eigenvalue weighted by Gasteiger charge is -2.47. The van der Waals surface area contributed by atoms with Gasteiger partial charge >= 0.3 is 0 Å². The molecule has 4 nitrogen and oxygen atoms in total. The Morgan fingerprint density at radius 1 is 1.33 bits per heavy atom. The van der Waals surface area contributed by atoms with Crippen molar-refractivity contribution >= 4 is 21.8 Å². The van der Waals surface area contributed by atoms with Crippen molar-refractivity contribution in [3.63, 3.8) is 0 Å². The van der Waals surface area contributed by atoms with Crippen molar-refractivity contribution in [2.24, 2.45) is 0 Å². The van der Waals surface area contributed by atoms with Crippen molar-refractivity contribution in [3.8, 4) is 5.75 Å². The van der Waals surface area contributed by atoms with Gasteiger partial charge in [-0.1, -0.05) is 22.4 Å². The molecule has 1 aromatic rings. The van der Waals surface area contributed by atoms with Crippen molar-refractivity contribution in [2.45, 2.75) is 38.3 Å². The van der Waals surface area contributed by atoms with E-state index in [9.17, 15) is 9.90 Å². The molecule has 114 valence electrons. The number of phenolic OH excluding ortho intramolecular Hbond substituents is 1. The molecule has 2 atom stereocenters. The number of hydrogen-bond acceptors (Lipinski definition) is 3. The molecule has 2 saturated heterocycles. The predicted octanol–water partition coefficient (Wildman–Crippen LogP) is 2.85. The highest BCUT2D eigenvalue weighted by atomic mass is 79.9. The fraction of sp³-hybridized carbons (Fsp3) is 0.562. The molecule has 2 heterocycles. The third-order valence-electron chi connectivity index (χ3n) is 4.64. The maximum Gasteiger partial charge on any atom is 0.257 e. The number of amides is 1. The molecule has 5 heteroatoms. The van der Waals surface area contributed by atoms with Crippen LogP contribution >= 0.6 is 15.9 Å². The monoisotopic (exact) mass is 352 g/mol. The Hall–Kier alpha value is -1.07. The van der Waals surface area contributed by atoms with Crippen LogP contribution in [0, 0.1) is 0 Å². The van der Waals surface area contributed by atoms with Crippen LogP contribution in [0.4, 0.5) is 0 Å². The van der Waals surface area contributed by atoms with Crippen LogP contribution in [-0.2, 0) is 0 Å². The lowest BCUT2D eigenvalue weighted by Crippen LogP contribution is -2.60. The van der Waals surface area contributed by atoms with Crippen LogP contribution in [0.3, 0.4) is 0 Å². The fourth-order valence-corrected chi connectivity index (χ4v) is 3.82. The molecule has 1 N–H and O–H groups in total. The average molecular weight is 353 g/mol. The van der Waals surface area contributed by atoms with Crippen molar-refractivity contribution in [1.29, 1.82) is 0 Å². The number of fused-ring (bicyclic) bond motifs is 1. The summed E-state index contributed by atoms with van der Waals surface area (Å²) < 4.78 is 0.779. The summed E-state index contributed by atoms with van der Waals surface area (Å²) in [7, 11) is 0. The number of phenols is 1. The maximum atomic E-state index is 12.7. The Morgan fingerprint density at radius 2 is 2.14 bits per heavy atom. The lowest BCUT2D eigenvalue weighted by molar-refractivity contribution is 0.0150. The van der Waals surface area contributed by atoms with E-state index in [1.54, 1.807) is 18.2 Å². The summed E-state index contributed by atoms with van der Waals surface area (Å²) in [5.74, 6) is -0.00891. The standard InChI is InChI=1S/C16H21BrN2O2/c1-11-9-18-7-3-2-4-13(18)10-19(11)16(21)14-6-5-12(17)8-15(14)20/h5-6,8,11,13,20H,2-4,7,9-10H2,1H3. The highest BCUT2D eigenvalue weighted by molar-refractivity contribution is 9.10. The van der Waals surface area contributed by atoms with Gasteiger partial charge in [-0.05, 0) is 44.5 Å². The van der Waals surface area contributed by atoms with Crippen LogP contribution in [0.2, 0.25) is 0 Å². The summed E-state index contributed by atoms with van der Waals surface area (Å²) >= 11 is 3.31. The van der Waals surface area contributed by atoms with Crippen LogP contribution in [-0.4, -0.2) is 52.5 Å². The number of carbonyl (C=O) groups is 1. The first-order valence-corrected chi connectivity index (χ1v) is 8.39. The largest absolute Gasteiger partial charge is 0.507 e. The molecular formula is C16H21BrN2O2. The minimum Gasteiger partial charge on any atom is -0.507 e. The Morgan fingerprint density at radius 3 is 2.90 bits per heavy atom. The zero-order valence-electron chi connectivity index (χ0n) is 12.3. The molecule has 0 radical (unpaired) electrons. The van der Waals surface area contributed by atoms with Gasteiger partial charge in [0.1, 0.15) is 5.75 Å². The van der Waals surface area contributed by atoms with Crippen LogP contribution in [0.25, 0.3) is 0 Å². The second-order valence-corrected chi connectivity index (χ2v) is 7.03. The summed E-state index contributed by atoms with van der Waals surface area (Å²) in [5.41, 5.74) is 0.398. The zero-order valence-corrected chi connectivity index (χ0v) is 13.8. The van der Waals surface area contributed by atoms with E-state index in [-0.39, 0.29) is 17.7 Å². The van der Waals surface area contributed by atoms with Crippen molar-refractivity contribution in [3.05, 3.63) is 28.2 Å². The van der Waals surface area contributed by atoms with Crippen LogP contribution in [0.5, 0.6) is 5.75 Å². The molecule has 0 aromatic heterocycles. The number of hydrogen-bond donors (Lipinski definition) is 1. The van der Waals surface area contributed by atoms with Gasteiger partial charge in [-0.25, -0.2) is 0 Å². The lowest BCUT2D eigenvalue weighted by atomic mass is 9.96. The second-order valence-electron chi connectivity index (χ2n) is 6.11. The molecular weight excluding hydrogens is 332 g/mol. The third-order valence-corrected chi connectivity index (χ3v) is 5.13. The zero-order chi connectivity index (χ0) is 15.0. The second kappa shape index (κ2) is 5.97. The normalized spacial score (nSPS) is 26.5. The van der Waals surface area contributed by atoms with Crippen LogP contribution in [0.1, 0.15) is 36.5 Å². The highest BCUT2D eigenvalue weighted by Gasteiger charge is 2.36. The number of benzene rings is 1. The van der Waals surface area contributed by atoms with E-state index in [1.807, 2.05) is 4.90 Å². The smallest absolute Gasteiger partial charge is 0.257 e. The number of piperidine rings is 1. The quantitative estimate of drug-likeness (QED) is 0.844. The van der Waals surface area contributed by atoms with Gasteiger partial charge in [-0.15, -0.1) is 0 Å². The molecule has 2 fully saturated rings. The van der Waals surface area contributed by atoms with Gasteiger partial charge < -0.3 is 10.0 Å². The Bertz CT molecular complexity index is 549. The van der Waals surface area contributed by atoms with Gasteiger partial charge in [-0.2, -0.15) is 0 Å². The van der Waals surface area contributed by atoms with Crippen LogP contribution < -0.4 is 0 Å². The highest BCUT2D eigenvalue weighted by Crippen LogP contribution is 2.28. The fourth-order valence-electron chi connectivity index (χ4n) is 3.48. The van der Waals surface area contributed by atoms with Crippen molar-refractivity contribution < 1.29 is 9.90 Å². The topological polar surface area (TPSA) is 43.8 Å².